The predicted molar refractivity (Wildman–Crippen MR) is 119 cm³/mol. The van der Waals surface area contributed by atoms with Gasteiger partial charge in [0.15, 0.2) is 5.16 Å². The Morgan fingerprint density at radius 3 is 2.27 bits per heavy atom. The molecule has 1 aromatic heterocycles. The maximum atomic E-state index is 12.3. The topological polar surface area (TPSA) is 77.3 Å². The number of rotatable bonds is 8. The van der Waals surface area contributed by atoms with Gasteiger partial charge in [-0.3, -0.25) is 4.57 Å². The zero-order chi connectivity index (χ0) is 20.8. The maximum absolute atomic E-state index is 12.3. The fourth-order valence-electron chi connectivity index (χ4n) is 3.36. The molecule has 7 nitrogen and oxygen atoms in total. The first kappa shape index (κ1) is 20.7. The molecule has 1 aliphatic rings. The second-order valence-corrected chi connectivity index (χ2v) is 9.76. The Bertz CT molecular complexity index is 1050. The Balaban J connectivity index is 1.49. The molecule has 1 fully saturated rings. The molecule has 158 valence electrons. The molecule has 9 heteroatoms. The molecule has 2 heterocycles. The lowest BCUT2D eigenvalue weighted by Crippen LogP contribution is -2.31. The van der Waals surface area contributed by atoms with Crippen molar-refractivity contribution in [2.45, 2.75) is 24.4 Å². The zero-order valence-corrected chi connectivity index (χ0v) is 18.2. The van der Waals surface area contributed by atoms with Crippen molar-refractivity contribution in [1.29, 1.82) is 0 Å². The van der Waals surface area contributed by atoms with Crippen LogP contribution in [0.25, 0.3) is 5.69 Å². The fraction of sp³-hybridized carbons (Fsp3) is 0.333. The molecule has 0 radical (unpaired) electrons. The van der Waals surface area contributed by atoms with Gasteiger partial charge in [-0.2, -0.15) is 8.42 Å². The molecule has 0 atom stereocenters. The van der Waals surface area contributed by atoms with Crippen molar-refractivity contribution in [3.8, 4) is 11.4 Å². The number of thioether (sulfide) groups is 1. The molecule has 2 aromatic carbocycles. The van der Waals surface area contributed by atoms with Crippen LogP contribution in [0.2, 0.25) is 0 Å². The number of hydrogen-bond acceptors (Lipinski definition) is 7. The molecule has 0 saturated carbocycles. The van der Waals surface area contributed by atoms with Gasteiger partial charge < -0.3 is 9.08 Å². The summed E-state index contributed by atoms with van der Waals surface area (Å²) < 4.78 is 31.8. The van der Waals surface area contributed by atoms with Gasteiger partial charge in [0.2, 0.25) is 5.95 Å². The quantitative estimate of drug-likeness (QED) is 0.387. The average Bonchev–Trinajstić information content (AvgIpc) is 3.19. The van der Waals surface area contributed by atoms with Gasteiger partial charge in [0.05, 0.1) is 11.4 Å². The van der Waals surface area contributed by atoms with Crippen LogP contribution in [0.4, 0.5) is 5.95 Å². The van der Waals surface area contributed by atoms with Crippen LogP contribution in [-0.2, 0) is 10.1 Å². The van der Waals surface area contributed by atoms with Crippen LogP contribution in [0, 0.1) is 0 Å². The summed E-state index contributed by atoms with van der Waals surface area (Å²) in [4.78, 5) is 2.25. The molecule has 30 heavy (non-hydrogen) atoms. The third-order valence-corrected chi connectivity index (χ3v) is 7.14. The summed E-state index contributed by atoms with van der Waals surface area (Å²) in [7, 11) is -3.68. The minimum Gasteiger partial charge on any atom is -0.382 e. The Hall–Kier alpha value is -2.52. The lowest BCUT2D eigenvalue weighted by atomic mass is 10.1. The summed E-state index contributed by atoms with van der Waals surface area (Å²) >= 11 is 1.37. The first-order chi connectivity index (χ1) is 14.6. The molecule has 0 amide bonds. The summed E-state index contributed by atoms with van der Waals surface area (Å²) in [5, 5.41) is 9.48. The van der Waals surface area contributed by atoms with E-state index in [9.17, 15) is 8.42 Å². The van der Waals surface area contributed by atoms with E-state index in [0.29, 0.717) is 16.7 Å². The van der Waals surface area contributed by atoms with E-state index in [1.165, 1.54) is 18.2 Å². The Morgan fingerprint density at radius 2 is 1.57 bits per heavy atom. The molecule has 0 N–H and O–H groups in total. The van der Waals surface area contributed by atoms with Gasteiger partial charge in [0.25, 0.3) is 0 Å². The van der Waals surface area contributed by atoms with Crippen molar-refractivity contribution >= 4 is 27.8 Å². The number of para-hydroxylation sites is 2. The van der Waals surface area contributed by atoms with Crippen LogP contribution < -0.4 is 9.08 Å². The first-order valence-electron chi connectivity index (χ1n) is 9.98. The Kier molecular flexibility index (Phi) is 6.59. The van der Waals surface area contributed by atoms with Crippen molar-refractivity contribution in [2.24, 2.45) is 0 Å². The van der Waals surface area contributed by atoms with Gasteiger partial charge >= 0.3 is 10.1 Å². The van der Waals surface area contributed by atoms with Crippen molar-refractivity contribution in [1.82, 2.24) is 14.8 Å². The van der Waals surface area contributed by atoms with Gasteiger partial charge in [0.1, 0.15) is 5.75 Å². The predicted octanol–water partition coefficient (Wildman–Crippen LogP) is 3.76. The first-order valence-corrected chi connectivity index (χ1v) is 12.5. The number of nitrogens with zero attached hydrogens (tertiary/aromatic N) is 4. The number of benzene rings is 2. The van der Waals surface area contributed by atoms with Crippen LogP contribution in [-0.4, -0.2) is 47.8 Å². The van der Waals surface area contributed by atoms with E-state index in [2.05, 4.69) is 15.1 Å². The highest BCUT2D eigenvalue weighted by Gasteiger charge is 2.22. The van der Waals surface area contributed by atoms with E-state index in [1.807, 2.05) is 41.0 Å². The highest BCUT2D eigenvalue weighted by atomic mass is 32.2. The second-order valence-electron chi connectivity index (χ2n) is 7.01. The van der Waals surface area contributed by atoms with Gasteiger partial charge in [-0.25, -0.2) is 0 Å². The van der Waals surface area contributed by atoms with E-state index in [4.69, 9.17) is 4.18 Å². The fourth-order valence-corrected chi connectivity index (χ4v) is 5.59. The van der Waals surface area contributed by atoms with Gasteiger partial charge in [-0.05, 0) is 43.5 Å². The van der Waals surface area contributed by atoms with Crippen LogP contribution in [0.3, 0.4) is 0 Å². The largest absolute Gasteiger partial charge is 0.382 e. The molecular formula is C21H24N4O3S2. The second kappa shape index (κ2) is 9.53. The van der Waals surface area contributed by atoms with Crippen molar-refractivity contribution in [3.63, 3.8) is 0 Å². The van der Waals surface area contributed by atoms with E-state index >= 15 is 0 Å². The van der Waals surface area contributed by atoms with Gasteiger partial charge in [-0.15, -0.1) is 10.2 Å². The lowest BCUT2D eigenvalue weighted by molar-refractivity contribution is 0.488. The van der Waals surface area contributed by atoms with Crippen LogP contribution in [0.5, 0.6) is 5.75 Å². The van der Waals surface area contributed by atoms with E-state index in [0.717, 1.165) is 37.6 Å². The van der Waals surface area contributed by atoms with Crippen LogP contribution in [0.1, 0.15) is 19.3 Å². The standard InChI is InChI=1S/C21H24N4O3S2/c26-30(27,28-19-12-6-2-7-13-19)17-16-29-21-23-22-20(24-14-8-3-9-15-24)25(21)18-10-4-1-5-11-18/h1-2,4-7,10-13H,3,8-9,14-17H2. The molecule has 0 spiro atoms. The molecule has 0 unspecified atom stereocenters. The van der Waals surface area contributed by atoms with Crippen molar-refractivity contribution in [3.05, 3.63) is 60.7 Å². The minimum atomic E-state index is -3.68. The van der Waals surface area contributed by atoms with Crippen LogP contribution in [0.15, 0.2) is 65.8 Å². The van der Waals surface area contributed by atoms with Crippen molar-refractivity contribution in [2.75, 3.05) is 29.5 Å². The average molecular weight is 445 g/mol. The highest BCUT2D eigenvalue weighted by Crippen LogP contribution is 2.28. The van der Waals surface area contributed by atoms with E-state index in [1.54, 1.807) is 24.3 Å². The van der Waals surface area contributed by atoms with Crippen molar-refractivity contribution < 1.29 is 12.6 Å². The Labute approximate surface area is 181 Å². The molecule has 1 aliphatic heterocycles. The van der Waals surface area contributed by atoms with E-state index in [-0.39, 0.29) is 5.75 Å². The zero-order valence-electron chi connectivity index (χ0n) is 16.6. The molecule has 0 bridgehead atoms. The summed E-state index contributed by atoms with van der Waals surface area (Å²) in [5.74, 6) is 1.34. The summed E-state index contributed by atoms with van der Waals surface area (Å²) in [6, 6.07) is 18.5. The molecule has 3 aromatic rings. The monoisotopic (exact) mass is 444 g/mol. The molecule has 0 aliphatic carbocycles. The highest BCUT2D eigenvalue weighted by molar-refractivity contribution is 8.00. The molecule has 1 saturated heterocycles. The minimum absolute atomic E-state index is 0.118. The SMILES string of the molecule is O=S(=O)(CCSc1nnc(N2CCCCC2)n1-c1ccccc1)Oc1ccccc1. The molecular weight excluding hydrogens is 420 g/mol. The number of anilines is 1. The van der Waals surface area contributed by atoms with E-state index < -0.39 is 10.1 Å². The third-order valence-electron chi connectivity index (χ3n) is 4.80. The normalized spacial score (nSPS) is 14.6. The third kappa shape index (κ3) is 5.14. The Morgan fingerprint density at radius 1 is 0.900 bits per heavy atom. The summed E-state index contributed by atoms with van der Waals surface area (Å²) in [6.45, 7) is 1.91. The van der Waals surface area contributed by atoms with Gasteiger partial charge in [-0.1, -0.05) is 48.2 Å². The number of hydrogen-bond donors (Lipinski definition) is 0. The summed E-state index contributed by atoms with van der Waals surface area (Å²) in [5.41, 5.74) is 0.967. The smallest absolute Gasteiger partial charge is 0.310 e. The lowest BCUT2D eigenvalue weighted by Gasteiger charge is -2.27. The summed E-state index contributed by atoms with van der Waals surface area (Å²) in [6.07, 6.45) is 3.51. The maximum Gasteiger partial charge on any atom is 0.310 e. The van der Waals surface area contributed by atoms with Crippen LogP contribution >= 0.6 is 11.8 Å². The molecule has 4 rings (SSSR count). The van der Waals surface area contributed by atoms with Gasteiger partial charge in [0, 0.05) is 18.8 Å². The number of aromatic nitrogens is 3. The number of piperidine rings is 1.